The summed E-state index contributed by atoms with van der Waals surface area (Å²) in [7, 11) is 0. The molecular weight excluding hydrogens is 256 g/mol. The van der Waals surface area contributed by atoms with Gasteiger partial charge in [0.1, 0.15) is 0 Å². The van der Waals surface area contributed by atoms with Gasteiger partial charge in [0.05, 0.1) is 0 Å². The highest BCUT2D eigenvalue weighted by atomic mass is 16.2. The highest BCUT2D eigenvalue weighted by molar-refractivity contribution is 5.95. The van der Waals surface area contributed by atoms with Gasteiger partial charge >= 0.3 is 6.03 Å². The minimum Gasteiger partial charge on any atom is -0.336 e. The summed E-state index contributed by atoms with van der Waals surface area (Å²) in [6, 6.07) is 7.22. The zero-order valence-electron chi connectivity index (χ0n) is 11.6. The molecule has 1 heterocycles. The van der Waals surface area contributed by atoms with Gasteiger partial charge in [-0.3, -0.25) is 9.69 Å². The maximum absolute atomic E-state index is 11.7. The van der Waals surface area contributed by atoms with Crippen molar-refractivity contribution in [1.29, 1.82) is 0 Å². The van der Waals surface area contributed by atoms with Crippen molar-refractivity contribution < 1.29 is 9.59 Å². The van der Waals surface area contributed by atoms with E-state index in [1.54, 1.807) is 4.90 Å². The van der Waals surface area contributed by atoms with Crippen LogP contribution in [0.25, 0.3) is 0 Å². The number of rotatable bonds is 6. The molecule has 108 valence electrons. The van der Waals surface area contributed by atoms with E-state index in [1.807, 2.05) is 31.2 Å². The third-order valence-corrected chi connectivity index (χ3v) is 3.10. The van der Waals surface area contributed by atoms with Gasteiger partial charge in [0, 0.05) is 37.4 Å². The smallest absolute Gasteiger partial charge is 0.321 e. The zero-order valence-corrected chi connectivity index (χ0v) is 11.6. The number of carbonyl (C=O) groups excluding carboxylic acids is 2. The highest BCUT2D eigenvalue weighted by Gasteiger charge is 2.20. The minimum atomic E-state index is -0.0765. The van der Waals surface area contributed by atoms with Gasteiger partial charge in [-0.2, -0.15) is 0 Å². The Kier molecular flexibility index (Phi) is 4.95. The molecule has 0 bridgehead atoms. The monoisotopic (exact) mass is 276 g/mol. The van der Waals surface area contributed by atoms with E-state index in [9.17, 15) is 9.59 Å². The van der Waals surface area contributed by atoms with Crippen LogP contribution < -0.4 is 20.9 Å². The SMILES string of the molecule is CCNCCC(=O)Nc1ccc(N2CCNC2=O)cc1. The second kappa shape index (κ2) is 6.91. The quantitative estimate of drug-likeness (QED) is 0.683. The summed E-state index contributed by atoms with van der Waals surface area (Å²) in [5.41, 5.74) is 1.58. The predicted octanol–water partition coefficient (Wildman–Crippen LogP) is 1.15. The maximum atomic E-state index is 11.7. The molecule has 1 saturated heterocycles. The van der Waals surface area contributed by atoms with Gasteiger partial charge in [0.15, 0.2) is 0 Å². The summed E-state index contributed by atoms with van der Waals surface area (Å²) >= 11 is 0. The van der Waals surface area contributed by atoms with Crippen LogP contribution >= 0.6 is 0 Å². The molecule has 1 aliphatic heterocycles. The standard InChI is InChI=1S/C14H20N4O2/c1-2-15-8-7-13(19)17-11-3-5-12(6-4-11)18-10-9-16-14(18)20/h3-6,15H,2,7-10H2,1H3,(H,16,20)(H,17,19). The predicted molar refractivity (Wildman–Crippen MR) is 79.0 cm³/mol. The number of carbonyl (C=O) groups is 2. The molecule has 1 fully saturated rings. The lowest BCUT2D eigenvalue weighted by Crippen LogP contribution is -2.27. The molecule has 1 aromatic carbocycles. The summed E-state index contributed by atoms with van der Waals surface area (Å²) in [5, 5.41) is 8.69. The van der Waals surface area contributed by atoms with E-state index < -0.39 is 0 Å². The van der Waals surface area contributed by atoms with Crippen molar-refractivity contribution >= 4 is 23.3 Å². The van der Waals surface area contributed by atoms with E-state index in [-0.39, 0.29) is 11.9 Å². The number of nitrogens with one attached hydrogen (secondary N) is 3. The van der Waals surface area contributed by atoms with Gasteiger partial charge < -0.3 is 16.0 Å². The Morgan fingerprint density at radius 2 is 2.10 bits per heavy atom. The third kappa shape index (κ3) is 3.71. The second-order valence-electron chi connectivity index (χ2n) is 4.58. The van der Waals surface area contributed by atoms with Crippen molar-refractivity contribution in [2.75, 3.05) is 36.4 Å². The van der Waals surface area contributed by atoms with Crippen LogP contribution in [-0.4, -0.2) is 38.1 Å². The molecule has 0 spiro atoms. The lowest BCUT2D eigenvalue weighted by Gasteiger charge is -2.14. The molecule has 0 radical (unpaired) electrons. The molecule has 0 atom stereocenters. The molecule has 0 unspecified atom stereocenters. The first-order valence-corrected chi connectivity index (χ1v) is 6.86. The molecule has 0 saturated carbocycles. The highest BCUT2D eigenvalue weighted by Crippen LogP contribution is 2.19. The Hall–Kier alpha value is -2.08. The van der Waals surface area contributed by atoms with Crippen molar-refractivity contribution in [1.82, 2.24) is 10.6 Å². The number of amides is 3. The molecule has 0 aromatic heterocycles. The first kappa shape index (κ1) is 14.3. The maximum Gasteiger partial charge on any atom is 0.321 e. The molecule has 0 aliphatic carbocycles. The topological polar surface area (TPSA) is 73.5 Å². The van der Waals surface area contributed by atoms with Crippen LogP contribution in [0.5, 0.6) is 0 Å². The summed E-state index contributed by atoms with van der Waals surface area (Å²) in [6.07, 6.45) is 0.449. The van der Waals surface area contributed by atoms with Gasteiger partial charge in [0.2, 0.25) is 5.91 Å². The molecular formula is C14H20N4O2. The van der Waals surface area contributed by atoms with Crippen molar-refractivity contribution in [2.24, 2.45) is 0 Å². The first-order chi connectivity index (χ1) is 9.70. The third-order valence-electron chi connectivity index (χ3n) is 3.10. The molecule has 20 heavy (non-hydrogen) atoms. The lowest BCUT2D eigenvalue weighted by atomic mass is 10.2. The van der Waals surface area contributed by atoms with Crippen LogP contribution in [0.15, 0.2) is 24.3 Å². The first-order valence-electron chi connectivity index (χ1n) is 6.86. The van der Waals surface area contributed by atoms with Crippen LogP contribution in [0, 0.1) is 0 Å². The summed E-state index contributed by atoms with van der Waals surface area (Å²) in [4.78, 5) is 24.9. The molecule has 1 aliphatic rings. The molecule has 6 nitrogen and oxygen atoms in total. The molecule has 3 N–H and O–H groups in total. The van der Waals surface area contributed by atoms with Crippen molar-refractivity contribution in [3.63, 3.8) is 0 Å². The van der Waals surface area contributed by atoms with Crippen LogP contribution in [-0.2, 0) is 4.79 Å². The Morgan fingerprint density at radius 1 is 1.35 bits per heavy atom. The minimum absolute atomic E-state index is 0.0161. The van der Waals surface area contributed by atoms with Gasteiger partial charge in [-0.1, -0.05) is 6.92 Å². The van der Waals surface area contributed by atoms with Gasteiger partial charge in [-0.05, 0) is 30.8 Å². The van der Waals surface area contributed by atoms with Gasteiger partial charge in [-0.15, -0.1) is 0 Å². The summed E-state index contributed by atoms with van der Waals surface area (Å²) in [6.45, 7) is 4.88. The molecule has 3 amide bonds. The molecule has 2 rings (SSSR count). The van der Waals surface area contributed by atoms with Crippen LogP contribution in [0.4, 0.5) is 16.2 Å². The summed E-state index contributed by atoms with van der Waals surface area (Å²) < 4.78 is 0. The zero-order chi connectivity index (χ0) is 14.4. The Balaban J connectivity index is 1.88. The van der Waals surface area contributed by atoms with Gasteiger partial charge in [0.25, 0.3) is 0 Å². The molecule has 1 aromatic rings. The number of hydrogen-bond acceptors (Lipinski definition) is 3. The van der Waals surface area contributed by atoms with E-state index in [4.69, 9.17) is 0 Å². The average molecular weight is 276 g/mol. The number of benzene rings is 1. The average Bonchev–Trinajstić information content (AvgIpc) is 2.86. The number of anilines is 2. The van der Waals surface area contributed by atoms with E-state index in [0.29, 0.717) is 26.1 Å². The van der Waals surface area contributed by atoms with E-state index in [0.717, 1.165) is 17.9 Å². The van der Waals surface area contributed by atoms with Crippen LogP contribution in [0.2, 0.25) is 0 Å². The van der Waals surface area contributed by atoms with E-state index in [1.165, 1.54) is 0 Å². The number of hydrogen-bond donors (Lipinski definition) is 3. The Bertz CT molecular complexity index is 473. The fourth-order valence-electron chi connectivity index (χ4n) is 2.04. The Labute approximate surface area is 118 Å². The number of urea groups is 1. The fraction of sp³-hybridized carbons (Fsp3) is 0.429. The van der Waals surface area contributed by atoms with Crippen molar-refractivity contribution in [3.8, 4) is 0 Å². The Morgan fingerprint density at radius 3 is 2.70 bits per heavy atom. The van der Waals surface area contributed by atoms with E-state index >= 15 is 0 Å². The van der Waals surface area contributed by atoms with Crippen LogP contribution in [0.3, 0.4) is 0 Å². The van der Waals surface area contributed by atoms with Gasteiger partial charge in [-0.25, -0.2) is 4.79 Å². The van der Waals surface area contributed by atoms with E-state index in [2.05, 4.69) is 16.0 Å². The number of nitrogens with zero attached hydrogens (tertiary/aromatic N) is 1. The normalized spacial score (nSPS) is 14.2. The van der Waals surface area contributed by atoms with Crippen molar-refractivity contribution in [2.45, 2.75) is 13.3 Å². The summed E-state index contributed by atoms with van der Waals surface area (Å²) in [5.74, 6) is -0.0161. The largest absolute Gasteiger partial charge is 0.336 e. The molecule has 6 heteroatoms. The van der Waals surface area contributed by atoms with Crippen LogP contribution in [0.1, 0.15) is 13.3 Å². The lowest BCUT2D eigenvalue weighted by molar-refractivity contribution is -0.116. The second-order valence-corrected chi connectivity index (χ2v) is 4.58. The van der Waals surface area contributed by atoms with Crippen molar-refractivity contribution in [3.05, 3.63) is 24.3 Å². The fourth-order valence-corrected chi connectivity index (χ4v) is 2.04.